The number of benzene rings is 2. The standard InChI is InChI=1S/C22H29N5O3/c1-14(2)18-8-7-9-20(27(24)22(28)26(5)23)19(18)13-30-21-11-10-17(12-15(21)3)16(4)25-29-6/h7-12H,1,13,23-24H2,2-6H3/b25-16+. The predicted octanol–water partition coefficient (Wildman–Crippen LogP) is 3.58. The number of nitrogens with two attached hydrogens (primary N) is 2. The molecule has 0 aliphatic rings. The van der Waals surface area contributed by atoms with Gasteiger partial charge in [-0.1, -0.05) is 29.4 Å². The number of carbonyl (C=O) groups excluding carboxylic acids is 1. The van der Waals surface area contributed by atoms with Gasteiger partial charge in [0.1, 0.15) is 19.5 Å². The third kappa shape index (κ3) is 5.16. The fraction of sp³-hybridized carbons (Fsp3) is 0.273. The van der Waals surface area contributed by atoms with E-state index in [4.69, 9.17) is 21.3 Å². The van der Waals surface area contributed by atoms with Crippen LogP contribution in [0.15, 0.2) is 48.1 Å². The SMILES string of the molecule is C=C(C)c1cccc(N(N)C(=O)N(C)N)c1COc1ccc(/C(C)=N/OC)cc1C. The summed E-state index contributed by atoms with van der Waals surface area (Å²) < 4.78 is 6.09. The van der Waals surface area contributed by atoms with E-state index in [2.05, 4.69) is 11.7 Å². The average Bonchev–Trinajstić information content (AvgIpc) is 2.71. The molecule has 160 valence electrons. The minimum atomic E-state index is -0.552. The van der Waals surface area contributed by atoms with Gasteiger partial charge in [0.05, 0.1) is 11.4 Å². The summed E-state index contributed by atoms with van der Waals surface area (Å²) in [5, 5.41) is 5.88. The first-order valence-corrected chi connectivity index (χ1v) is 9.33. The van der Waals surface area contributed by atoms with Crippen LogP contribution in [-0.2, 0) is 11.4 Å². The molecule has 4 N–H and O–H groups in total. The molecule has 0 heterocycles. The molecule has 0 atom stereocenters. The van der Waals surface area contributed by atoms with Crippen molar-refractivity contribution in [1.82, 2.24) is 5.01 Å². The van der Waals surface area contributed by atoms with Crippen molar-refractivity contribution in [1.29, 1.82) is 0 Å². The Bertz CT molecular complexity index is 969. The highest BCUT2D eigenvalue weighted by Gasteiger charge is 2.20. The molecular weight excluding hydrogens is 382 g/mol. The average molecular weight is 412 g/mol. The summed E-state index contributed by atoms with van der Waals surface area (Å²) in [6.07, 6.45) is 0. The van der Waals surface area contributed by atoms with Crippen molar-refractivity contribution in [3.05, 3.63) is 65.2 Å². The number of urea groups is 1. The van der Waals surface area contributed by atoms with E-state index in [1.54, 1.807) is 6.07 Å². The largest absolute Gasteiger partial charge is 0.489 e. The summed E-state index contributed by atoms with van der Waals surface area (Å²) >= 11 is 0. The Morgan fingerprint density at radius 2 is 1.90 bits per heavy atom. The molecule has 0 aliphatic heterocycles. The number of aryl methyl sites for hydroxylation is 1. The Morgan fingerprint density at radius 1 is 1.20 bits per heavy atom. The molecule has 2 rings (SSSR count). The van der Waals surface area contributed by atoms with Gasteiger partial charge < -0.3 is 9.57 Å². The summed E-state index contributed by atoms with van der Waals surface area (Å²) in [7, 11) is 2.94. The van der Waals surface area contributed by atoms with E-state index in [9.17, 15) is 4.79 Å². The van der Waals surface area contributed by atoms with Gasteiger partial charge in [-0.05, 0) is 61.7 Å². The fourth-order valence-corrected chi connectivity index (χ4v) is 3.00. The number of nitrogens with zero attached hydrogens (tertiary/aromatic N) is 3. The van der Waals surface area contributed by atoms with Crippen molar-refractivity contribution in [3.63, 3.8) is 0 Å². The second-order valence-electron chi connectivity index (χ2n) is 6.98. The van der Waals surface area contributed by atoms with Crippen LogP contribution >= 0.6 is 0 Å². The first kappa shape index (κ1) is 22.9. The molecule has 0 saturated carbocycles. The molecule has 0 spiro atoms. The maximum absolute atomic E-state index is 12.3. The van der Waals surface area contributed by atoms with Crippen LogP contribution in [0.3, 0.4) is 0 Å². The van der Waals surface area contributed by atoms with Crippen LogP contribution < -0.4 is 21.4 Å². The lowest BCUT2D eigenvalue weighted by Gasteiger charge is -2.25. The van der Waals surface area contributed by atoms with Crippen molar-refractivity contribution in [2.24, 2.45) is 16.8 Å². The monoisotopic (exact) mass is 411 g/mol. The number of hydrazine groups is 2. The van der Waals surface area contributed by atoms with Crippen LogP contribution in [0.5, 0.6) is 5.75 Å². The van der Waals surface area contributed by atoms with Gasteiger partial charge in [-0.25, -0.2) is 21.5 Å². The molecule has 0 bridgehead atoms. The first-order chi connectivity index (χ1) is 14.2. The van der Waals surface area contributed by atoms with E-state index < -0.39 is 6.03 Å². The molecule has 8 heteroatoms. The number of ether oxygens (including phenoxy) is 1. The van der Waals surface area contributed by atoms with Crippen LogP contribution in [0, 0.1) is 6.92 Å². The minimum absolute atomic E-state index is 0.193. The highest BCUT2D eigenvalue weighted by Crippen LogP contribution is 2.29. The third-order valence-electron chi connectivity index (χ3n) is 4.57. The Balaban J connectivity index is 2.37. The molecule has 8 nitrogen and oxygen atoms in total. The number of hydrogen-bond donors (Lipinski definition) is 2. The van der Waals surface area contributed by atoms with Gasteiger partial charge in [-0.3, -0.25) is 5.01 Å². The van der Waals surface area contributed by atoms with Crippen LogP contribution in [0.25, 0.3) is 5.57 Å². The number of amides is 2. The highest BCUT2D eigenvalue weighted by molar-refractivity contribution is 5.98. The third-order valence-corrected chi connectivity index (χ3v) is 4.57. The number of oxime groups is 1. The zero-order valence-electron chi connectivity index (χ0n) is 18.1. The van der Waals surface area contributed by atoms with E-state index >= 15 is 0 Å². The maximum atomic E-state index is 12.3. The van der Waals surface area contributed by atoms with E-state index in [1.165, 1.54) is 14.2 Å². The van der Waals surface area contributed by atoms with Crippen molar-refractivity contribution in [3.8, 4) is 5.75 Å². The lowest BCUT2D eigenvalue weighted by atomic mass is 10.00. The van der Waals surface area contributed by atoms with Gasteiger partial charge >= 0.3 is 6.03 Å². The molecule has 2 aromatic carbocycles. The van der Waals surface area contributed by atoms with Crippen LogP contribution in [-0.4, -0.2) is 30.9 Å². The van der Waals surface area contributed by atoms with Crippen LogP contribution in [0.4, 0.5) is 10.5 Å². The Hall–Kier alpha value is -3.36. The van der Waals surface area contributed by atoms with E-state index in [0.29, 0.717) is 11.4 Å². The van der Waals surface area contributed by atoms with Gasteiger partial charge in [0, 0.05) is 12.6 Å². The zero-order chi connectivity index (χ0) is 22.4. The molecule has 0 radical (unpaired) electrons. The molecule has 0 saturated heterocycles. The summed E-state index contributed by atoms with van der Waals surface area (Å²) in [6, 6.07) is 10.7. The number of anilines is 1. The lowest BCUT2D eigenvalue weighted by Crippen LogP contribution is -2.49. The molecular formula is C22H29N5O3. The number of allylic oxidation sites excluding steroid dienone is 1. The van der Waals surface area contributed by atoms with Gasteiger partial charge in [0.2, 0.25) is 0 Å². The van der Waals surface area contributed by atoms with Crippen LogP contribution in [0.2, 0.25) is 0 Å². The van der Waals surface area contributed by atoms with Crippen molar-refractivity contribution < 1.29 is 14.4 Å². The highest BCUT2D eigenvalue weighted by atomic mass is 16.6. The molecule has 0 fully saturated rings. The molecule has 0 aliphatic carbocycles. The van der Waals surface area contributed by atoms with E-state index in [0.717, 1.165) is 43.6 Å². The van der Waals surface area contributed by atoms with Crippen molar-refractivity contribution >= 4 is 23.0 Å². The predicted molar refractivity (Wildman–Crippen MR) is 120 cm³/mol. The van der Waals surface area contributed by atoms with Gasteiger partial charge in [-0.15, -0.1) is 0 Å². The summed E-state index contributed by atoms with van der Waals surface area (Å²) in [5.74, 6) is 12.3. The normalized spacial score (nSPS) is 11.1. The smallest absolute Gasteiger partial charge is 0.352 e. The lowest BCUT2D eigenvalue weighted by molar-refractivity contribution is 0.213. The fourth-order valence-electron chi connectivity index (χ4n) is 3.00. The number of rotatable bonds is 7. The maximum Gasteiger partial charge on any atom is 0.352 e. The Kier molecular flexibility index (Phi) is 7.57. The summed E-state index contributed by atoms with van der Waals surface area (Å²) in [5.41, 5.74) is 5.57. The first-order valence-electron chi connectivity index (χ1n) is 9.33. The second kappa shape index (κ2) is 9.91. The molecule has 2 amide bonds. The van der Waals surface area contributed by atoms with Crippen molar-refractivity contribution in [2.75, 3.05) is 19.2 Å². The Morgan fingerprint density at radius 3 is 2.47 bits per heavy atom. The minimum Gasteiger partial charge on any atom is -0.489 e. The number of hydrogen-bond acceptors (Lipinski definition) is 6. The van der Waals surface area contributed by atoms with Crippen molar-refractivity contribution in [2.45, 2.75) is 27.4 Å². The molecule has 2 aromatic rings. The molecule has 0 aromatic heterocycles. The second-order valence-corrected chi connectivity index (χ2v) is 6.98. The van der Waals surface area contributed by atoms with Crippen LogP contribution in [0.1, 0.15) is 36.1 Å². The topological polar surface area (TPSA) is 106 Å². The quantitative estimate of drug-likeness (QED) is 0.313. The van der Waals surface area contributed by atoms with Gasteiger partial charge in [0.25, 0.3) is 0 Å². The number of carbonyl (C=O) groups is 1. The van der Waals surface area contributed by atoms with Gasteiger partial charge in [0.15, 0.2) is 0 Å². The molecule has 0 unspecified atom stereocenters. The Labute approximate surface area is 177 Å². The van der Waals surface area contributed by atoms with E-state index in [-0.39, 0.29) is 6.61 Å². The van der Waals surface area contributed by atoms with E-state index in [1.807, 2.05) is 51.1 Å². The zero-order valence-corrected chi connectivity index (χ0v) is 18.1. The van der Waals surface area contributed by atoms with Gasteiger partial charge in [-0.2, -0.15) is 0 Å². The summed E-state index contributed by atoms with van der Waals surface area (Å²) in [4.78, 5) is 17.1. The molecule has 30 heavy (non-hydrogen) atoms. The summed E-state index contributed by atoms with van der Waals surface area (Å²) in [6.45, 7) is 9.93.